The van der Waals surface area contributed by atoms with Crippen LogP contribution in [0.1, 0.15) is 33.6 Å². The maximum Gasteiger partial charge on any atom is 0.0410 e. The fourth-order valence-electron chi connectivity index (χ4n) is 1.88. The van der Waals surface area contributed by atoms with Crippen molar-refractivity contribution in [2.24, 2.45) is 5.92 Å². The molecule has 0 aromatic rings. The van der Waals surface area contributed by atoms with Gasteiger partial charge in [0.1, 0.15) is 0 Å². The summed E-state index contributed by atoms with van der Waals surface area (Å²) in [4.78, 5) is 2.36. The Bertz CT molecular complexity index is 274. The molecular formula is C13H22N2. The highest BCUT2D eigenvalue weighted by molar-refractivity contribution is 5.78. The normalized spacial score (nSPS) is 18.0. The van der Waals surface area contributed by atoms with Crippen LogP contribution in [0.5, 0.6) is 0 Å². The summed E-state index contributed by atoms with van der Waals surface area (Å²) in [6, 6.07) is 0. The van der Waals surface area contributed by atoms with Gasteiger partial charge in [-0.15, -0.1) is 0 Å². The van der Waals surface area contributed by atoms with Crippen LogP contribution in [-0.4, -0.2) is 24.2 Å². The van der Waals surface area contributed by atoms with Crippen LogP contribution in [0, 0.1) is 11.3 Å². The fraction of sp³-hybridized carbons (Fsp3) is 0.615. The summed E-state index contributed by atoms with van der Waals surface area (Å²) in [6.45, 7) is 8.71. The summed E-state index contributed by atoms with van der Waals surface area (Å²) < 4.78 is 0. The molecule has 0 fully saturated rings. The minimum atomic E-state index is 0.574. The molecule has 2 heteroatoms. The standard InChI is InChI=1S/C13H22N2/c1-4-15-9-5-6-12(10-14)13(15)8-7-11(2)3/h7-8,10-11,14H,4-6,9H2,1-3H3/b8-7-,14-10?. The van der Waals surface area contributed by atoms with Gasteiger partial charge in [-0.1, -0.05) is 19.9 Å². The van der Waals surface area contributed by atoms with E-state index in [0.717, 1.165) is 19.5 Å². The van der Waals surface area contributed by atoms with Crippen molar-refractivity contribution >= 4 is 6.21 Å². The first kappa shape index (κ1) is 12.0. The van der Waals surface area contributed by atoms with Gasteiger partial charge in [-0.25, -0.2) is 0 Å². The van der Waals surface area contributed by atoms with Crippen LogP contribution in [0.3, 0.4) is 0 Å². The van der Waals surface area contributed by atoms with Gasteiger partial charge in [-0.2, -0.15) is 0 Å². The molecule has 2 nitrogen and oxygen atoms in total. The lowest BCUT2D eigenvalue weighted by atomic mass is 10.0. The molecule has 1 heterocycles. The van der Waals surface area contributed by atoms with E-state index in [9.17, 15) is 0 Å². The smallest absolute Gasteiger partial charge is 0.0410 e. The Morgan fingerprint density at radius 2 is 2.20 bits per heavy atom. The van der Waals surface area contributed by atoms with E-state index in [-0.39, 0.29) is 0 Å². The van der Waals surface area contributed by atoms with Crippen molar-refractivity contribution < 1.29 is 0 Å². The van der Waals surface area contributed by atoms with Crippen LogP contribution in [0.4, 0.5) is 0 Å². The monoisotopic (exact) mass is 206 g/mol. The molecule has 0 saturated heterocycles. The first-order chi connectivity index (χ1) is 7.19. The second kappa shape index (κ2) is 5.74. The van der Waals surface area contributed by atoms with Crippen LogP contribution in [0.25, 0.3) is 0 Å². The van der Waals surface area contributed by atoms with Crippen molar-refractivity contribution in [1.29, 1.82) is 5.41 Å². The van der Waals surface area contributed by atoms with Crippen molar-refractivity contribution in [2.75, 3.05) is 13.1 Å². The topological polar surface area (TPSA) is 27.1 Å². The van der Waals surface area contributed by atoms with Crippen LogP contribution >= 0.6 is 0 Å². The lowest BCUT2D eigenvalue weighted by Crippen LogP contribution is -2.28. The highest BCUT2D eigenvalue weighted by Crippen LogP contribution is 2.22. The Morgan fingerprint density at radius 1 is 1.47 bits per heavy atom. The van der Waals surface area contributed by atoms with E-state index < -0.39 is 0 Å². The van der Waals surface area contributed by atoms with Crippen molar-refractivity contribution in [3.63, 3.8) is 0 Å². The van der Waals surface area contributed by atoms with Crippen molar-refractivity contribution in [1.82, 2.24) is 4.90 Å². The molecule has 0 aliphatic carbocycles. The van der Waals surface area contributed by atoms with Gasteiger partial charge < -0.3 is 10.3 Å². The molecule has 15 heavy (non-hydrogen) atoms. The van der Waals surface area contributed by atoms with Gasteiger partial charge >= 0.3 is 0 Å². The zero-order valence-electron chi connectivity index (χ0n) is 10.1. The quantitative estimate of drug-likeness (QED) is 0.702. The average Bonchev–Trinajstić information content (AvgIpc) is 2.25. The highest BCUT2D eigenvalue weighted by Gasteiger charge is 2.14. The largest absolute Gasteiger partial charge is 0.372 e. The third-order valence-electron chi connectivity index (χ3n) is 2.74. The molecule has 0 bridgehead atoms. The molecule has 0 saturated carbocycles. The zero-order valence-corrected chi connectivity index (χ0v) is 10.1. The summed E-state index contributed by atoms with van der Waals surface area (Å²) in [5.74, 6) is 0.574. The number of hydrogen-bond acceptors (Lipinski definition) is 2. The molecule has 0 amide bonds. The molecular weight excluding hydrogens is 184 g/mol. The van der Waals surface area contributed by atoms with Crippen molar-refractivity contribution in [2.45, 2.75) is 33.6 Å². The average molecular weight is 206 g/mol. The van der Waals surface area contributed by atoms with E-state index in [4.69, 9.17) is 5.41 Å². The summed E-state index contributed by atoms with van der Waals surface area (Å²) in [5, 5.41) is 7.44. The van der Waals surface area contributed by atoms with Crippen molar-refractivity contribution in [3.05, 3.63) is 23.4 Å². The number of likely N-dealkylation sites (N-methyl/N-ethyl adjacent to an activating group) is 1. The highest BCUT2D eigenvalue weighted by atomic mass is 15.1. The van der Waals surface area contributed by atoms with E-state index in [0.29, 0.717) is 5.92 Å². The Kier molecular flexibility index (Phi) is 4.60. The van der Waals surface area contributed by atoms with Crippen LogP contribution < -0.4 is 0 Å². The predicted octanol–water partition coefficient (Wildman–Crippen LogP) is 3.22. The maximum atomic E-state index is 7.44. The lowest BCUT2D eigenvalue weighted by molar-refractivity contribution is 0.346. The van der Waals surface area contributed by atoms with E-state index in [1.807, 2.05) is 0 Å². The predicted molar refractivity (Wildman–Crippen MR) is 66.3 cm³/mol. The Morgan fingerprint density at radius 3 is 2.73 bits per heavy atom. The SMILES string of the molecule is CCN1CCCC(C=N)=C1/C=C\C(C)C. The maximum absolute atomic E-state index is 7.44. The first-order valence-electron chi connectivity index (χ1n) is 5.85. The number of allylic oxidation sites excluding steroid dienone is 3. The zero-order chi connectivity index (χ0) is 11.3. The van der Waals surface area contributed by atoms with E-state index in [2.05, 4.69) is 37.8 Å². The molecule has 1 rings (SSSR count). The molecule has 1 N–H and O–H groups in total. The van der Waals surface area contributed by atoms with E-state index >= 15 is 0 Å². The minimum Gasteiger partial charge on any atom is -0.372 e. The second-order valence-electron chi connectivity index (χ2n) is 4.34. The van der Waals surface area contributed by atoms with Gasteiger partial charge in [0, 0.05) is 25.0 Å². The number of hydrogen-bond donors (Lipinski definition) is 1. The number of nitrogens with zero attached hydrogens (tertiary/aromatic N) is 1. The second-order valence-corrected chi connectivity index (χ2v) is 4.34. The molecule has 0 radical (unpaired) electrons. The molecule has 1 aliphatic rings. The van der Waals surface area contributed by atoms with Gasteiger partial charge in [0.25, 0.3) is 0 Å². The van der Waals surface area contributed by atoms with Crippen LogP contribution in [-0.2, 0) is 0 Å². The summed E-state index contributed by atoms with van der Waals surface area (Å²) in [6.07, 6.45) is 8.15. The van der Waals surface area contributed by atoms with Gasteiger partial charge in [-0.3, -0.25) is 0 Å². The van der Waals surface area contributed by atoms with E-state index in [1.165, 1.54) is 23.9 Å². The van der Waals surface area contributed by atoms with Crippen molar-refractivity contribution in [3.8, 4) is 0 Å². The Labute approximate surface area is 93.2 Å². The minimum absolute atomic E-state index is 0.574. The van der Waals surface area contributed by atoms with Crippen LogP contribution in [0.15, 0.2) is 23.4 Å². The lowest BCUT2D eigenvalue weighted by Gasteiger charge is -2.30. The van der Waals surface area contributed by atoms with Gasteiger partial charge in [0.2, 0.25) is 0 Å². The van der Waals surface area contributed by atoms with Gasteiger partial charge in [0.15, 0.2) is 0 Å². The number of nitrogens with one attached hydrogen (secondary N) is 1. The van der Waals surface area contributed by atoms with Crippen LogP contribution in [0.2, 0.25) is 0 Å². The van der Waals surface area contributed by atoms with E-state index in [1.54, 1.807) is 0 Å². The summed E-state index contributed by atoms with van der Waals surface area (Å²) in [5.41, 5.74) is 2.44. The number of rotatable bonds is 4. The Balaban J connectivity index is 2.91. The molecule has 0 unspecified atom stereocenters. The third kappa shape index (κ3) is 3.22. The first-order valence-corrected chi connectivity index (χ1v) is 5.85. The summed E-state index contributed by atoms with van der Waals surface area (Å²) in [7, 11) is 0. The molecule has 1 aliphatic heterocycles. The fourth-order valence-corrected chi connectivity index (χ4v) is 1.88. The van der Waals surface area contributed by atoms with Gasteiger partial charge in [0.05, 0.1) is 0 Å². The molecule has 0 aromatic heterocycles. The third-order valence-corrected chi connectivity index (χ3v) is 2.74. The molecule has 0 spiro atoms. The molecule has 0 aromatic carbocycles. The summed E-state index contributed by atoms with van der Waals surface area (Å²) >= 11 is 0. The molecule has 84 valence electrons. The molecule has 0 atom stereocenters. The van der Waals surface area contributed by atoms with Gasteiger partial charge in [-0.05, 0) is 37.3 Å². The Hall–Kier alpha value is -1.05.